The summed E-state index contributed by atoms with van der Waals surface area (Å²) in [5.74, 6) is 2.09. The lowest BCUT2D eigenvalue weighted by Gasteiger charge is -2.14. The number of fused-ring (bicyclic) bond motifs is 1. The van der Waals surface area contributed by atoms with E-state index in [0.717, 1.165) is 33.7 Å². The summed E-state index contributed by atoms with van der Waals surface area (Å²) in [4.78, 5) is 4.90. The van der Waals surface area contributed by atoms with Gasteiger partial charge in [0.1, 0.15) is 11.5 Å². The minimum absolute atomic E-state index is 0.384. The molecule has 3 heteroatoms. The van der Waals surface area contributed by atoms with Gasteiger partial charge in [0.05, 0.1) is 25.4 Å². The van der Waals surface area contributed by atoms with Gasteiger partial charge in [-0.2, -0.15) is 0 Å². The Morgan fingerprint density at radius 2 is 1.48 bits per heavy atom. The average molecular weight is 307 g/mol. The molecule has 1 aromatic heterocycles. The molecule has 118 valence electrons. The monoisotopic (exact) mass is 307 g/mol. The van der Waals surface area contributed by atoms with Crippen molar-refractivity contribution in [1.82, 2.24) is 4.98 Å². The highest BCUT2D eigenvalue weighted by molar-refractivity contribution is 5.85. The van der Waals surface area contributed by atoms with E-state index in [1.165, 1.54) is 5.56 Å². The van der Waals surface area contributed by atoms with E-state index in [1.54, 1.807) is 14.2 Å². The van der Waals surface area contributed by atoms with Crippen molar-refractivity contribution in [2.24, 2.45) is 0 Å². The molecule has 1 heterocycles. The Morgan fingerprint density at radius 1 is 0.826 bits per heavy atom. The van der Waals surface area contributed by atoms with Crippen LogP contribution in [0.2, 0.25) is 0 Å². The molecule has 0 radical (unpaired) electrons. The van der Waals surface area contributed by atoms with Crippen LogP contribution in [0.15, 0.2) is 48.5 Å². The van der Waals surface area contributed by atoms with Crippen molar-refractivity contribution in [1.29, 1.82) is 0 Å². The van der Waals surface area contributed by atoms with Gasteiger partial charge in [-0.15, -0.1) is 0 Å². The fraction of sp³-hybridized carbons (Fsp3) is 0.250. The fourth-order valence-electron chi connectivity index (χ4n) is 2.72. The molecule has 0 fully saturated rings. The van der Waals surface area contributed by atoms with Gasteiger partial charge in [0, 0.05) is 10.9 Å². The van der Waals surface area contributed by atoms with Crippen LogP contribution in [0.4, 0.5) is 0 Å². The number of hydrogen-bond acceptors (Lipinski definition) is 3. The maximum Gasteiger partial charge on any atom is 0.119 e. The molecule has 0 saturated carbocycles. The lowest BCUT2D eigenvalue weighted by atomic mass is 9.95. The van der Waals surface area contributed by atoms with Crippen molar-refractivity contribution < 1.29 is 9.47 Å². The number of aromatic nitrogens is 1. The smallest absolute Gasteiger partial charge is 0.119 e. The summed E-state index contributed by atoms with van der Waals surface area (Å²) in [6.07, 6.45) is 0. The van der Waals surface area contributed by atoms with Gasteiger partial charge in [0.25, 0.3) is 0 Å². The van der Waals surface area contributed by atoms with Crippen LogP contribution in [-0.4, -0.2) is 19.2 Å². The second kappa shape index (κ2) is 6.29. The van der Waals surface area contributed by atoms with Gasteiger partial charge in [0.2, 0.25) is 0 Å². The van der Waals surface area contributed by atoms with Crippen molar-refractivity contribution in [3.05, 3.63) is 54.1 Å². The molecule has 0 amide bonds. The minimum atomic E-state index is 0.384. The third kappa shape index (κ3) is 3.00. The maximum absolute atomic E-state index is 5.32. The molecule has 3 rings (SSSR count). The minimum Gasteiger partial charge on any atom is -0.497 e. The second-order valence-corrected chi connectivity index (χ2v) is 5.87. The largest absolute Gasteiger partial charge is 0.497 e. The van der Waals surface area contributed by atoms with E-state index in [1.807, 2.05) is 30.3 Å². The Kier molecular flexibility index (Phi) is 4.20. The molecule has 0 unspecified atom stereocenters. The van der Waals surface area contributed by atoms with Crippen LogP contribution in [0.25, 0.3) is 22.2 Å². The van der Waals surface area contributed by atoms with Crippen molar-refractivity contribution in [2.45, 2.75) is 19.8 Å². The summed E-state index contributed by atoms with van der Waals surface area (Å²) < 4.78 is 10.6. The number of methoxy groups -OCH3 is 2. The zero-order valence-electron chi connectivity index (χ0n) is 14.0. The fourth-order valence-corrected chi connectivity index (χ4v) is 2.72. The van der Waals surface area contributed by atoms with E-state index in [4.69, 9.17) is 14.5 Å². The highest BCUT2D eigenvalue weighted by atomic mass is 16.5. The number of hydrogen-bond donors (Lipinski definition) is 0. The summed E-state index contributed by atoms with van der Waals surface area (Å²) in [6, 6.07) is 16.3. The predicted octanol–water partition coefficient (Wildman–Crippen LogP) is 5.04. The first kappa shape index (κ1) is 15.3. The van der Waals surface area contributed by atoms with E-state index >= 15 is 0 Å². The summed E-state index contributed by atoms with van der Waals surface area (Å²) in [6.45, 7) is 4.38. The summed E-state index contributed by atoms with van der Waals surface area (Å²) in [5.41, 5.74) is 4.34. The van der Waals surface area contributed by atoms with Crippen LogP contribution in [-0.2, 0) is 0 Å². The van der Waals surface area contributed by atoms with Crippen LogP contribution < -0.4 is 9.47 Å². The molecule has 0 atom stereocenters. The van der Waals surface area contributed by atoms with Crippen molar-refractivity contribution >= 4 is 10.9 Å². The Bertz CT molecular complexity index is 823. The van der Waals surface area contributed by atoms with Crippen molar-refractivity contribution in [3.8, 4) is 22.8 Å². The molecule has 0 N–H and O–H groups in total. The van der Waals surface area contributed by atoms with E-state index in [-0.39, 0.29) is 0 Å². The highest BCUT2D eigenvalue weighted by Gasteiger charge is 2.13. The normalized spacial score (nSPS) is 11.0. The first-order chi connectivity index (χ1) is 11.1. The third-order valence-electron chi connectivity index (χ3n) is 4.04. The van der Waals surface area contributed by atoms with Crippen LogP contribution in [0.3, 0.4) is 0 Å². The van der Waals surface area contributed by atoms with Gasteiger partial charge in [-0.1, -0.05) is 13.8 Å². The first-order valence-electron chi connectivity index (χ1n) is 7.75. The van der Waals surface area contributed by atoms with Gasteiger partial charge in [-0.3, -0.25) is 0 Å². The third-order valence-corrected chi connectivity index (χ3v) is 4.04. The van der Waals surface area contributed by atoms with E-state index in [9.17, 15) is 0 Å². The Morgan fingerprint density at radius 3 is 2.09 bits per heavy atom. The topological polar surface area (TPSA) is 31.4 Å². The Hall–Kier alpha value is -2.55. The maximum atomic E-state index is 5.32. The lowest BCUT2D eigenvalue weighted by molar-refractivity contribution is 0.415. The molecule has 3 nitrogen and oxygen atoms in total. The van der Waals surface area contributed by atoms with Gasteiger partial charge in [-0.05, 0) is 60.0 Å². The molecule has 0 saturated heterocycles. The number of benzene rings is 2. The number of rotatable bonds is 4. The Balaban J connectivity index is 2.19. The zero-order valence-corrected chi connectivity index (χ0v) is 14.0. The first-order valence-corrected chi connectivity index (χ1v) is 7.75. The lowest BCUT2D eigenvalue weighted by Crippen LogP contribution is -1.97. The van der Waals surface area contributed by atoms with Crippen LogP contribution >= 0.6 is 0 Å². The molecule has 0 aliphatic heterocycles. The van der Waals surface area contributed by atoms with E-state index in [2.05, 4.69) is 32.0 Å². The number of ether oxygens (including phenoxy) is 2. The molecule has 0 spiro atoms. The van der Waals surface area contributed by atoms with Crippen LogP contribution in [0.5, 0.6) is 11.5 Å². The van der Waals surface area contributed by atoms with Crippen LogP contribution in [0.1, 0.15) is 25.3 Å². The highest BCUT2D eigenvalue weighted by Crippen LogP contribution is 2.32. The number of pyridine rings is 1. The van der Waals surface area contributed by atoms with E-state index in [0.29, 0.717) is 5.92 Å². The molecule has 0 bridgehead atoms. The number of nitrogens with zero attached hydrogens (tertiary/aromatic N) is 1. The summed E-state index contributed by atoms with van der Waals surface area (Å²) >= 11 is 0. The average Bonchev–Trinajstić information content (AvgIpc) is 2.60. The quantitative estimate of drug-likeness (QED) is 0.676. The standard InChI is InChI=1S/C20H21NO2/c1-13(2)18-12-15-11-17(23-4)9-10-19(15)21-20(18)14-5-7-16(22-3)8-6-14/h5-13H,1-4H3. The molecule has 2 aromatic carbocycles. The Labute approximate surface area is 136 Å². The SMILES string of the molecule is COc1ccc(-c2nc3ccc(OC)cc3cc2C(C)C)cc1. The molecule has 23 heavy (non-hydrogen) atoms. The van der Waals surface area contributed by atoms with E-state index < -0.39 is 0 Å². The predicted molar refractivity (Wildman–Crippen MR) is 94.4 cm³/mol. The van der Waals surface area contributed by atoms with Crippen LogP contribution in [0, 0.1) is 0 Å². The van der Waals surface area contributed by atoms with Gasteiger partial charge < -0.3 is 9.47 Å². The molecule has 0 aliphatic rings. The summed E-state index contributed by atoms with van der Waals surface area (Å²) in [7, 11) is 3.36. The van der Waals surface area contributed by atoms with Crippen molar-refractivity contribution in [3.63, 3.8) is 0 Å². The second-order valence-electron chi connectivity index (χ2n) is 5.87. The van der Waals surface area contributed by atoms with Gasteiger partial charge >= 0.3 is 0 Å². The summed E-state index contributed by atoms with van der Waals surface area (Å²) in [5, 5.41) is 1.10. The molecule has 0 aliphatic carbocycles. The molecule has 3 aromatic rings. The van der Waals surface area contributed by atoms with Gasteiger partial charge in [-0.25, -0.2) is 4.98 Å². The molecular formula is C20H21NO2. The molecular weight excluding hydrogens is 286 g/mol. The van der Waals surface area contributed by atoms with Crippen molar-refractivity contribution in [2.75, 3.05) is 14.2 Å². The van der Waals surface area contributed by atoms with Gasteiger partial charge in [0.15, 0.2) is 0 Å². The zero-order chi connectivity index (χ0) is 16.4.